The summed E-state index contributed by atoms with van der Waals surface area (Å²) >= 11 is 0. The maximum Gasteiger partial charge on any atom is 0.253 e. The molecule has 1 aliphatic rings. The first-order chi connectivity index (χ1) is 17.0. The van der Waals surface area contributed by atoms with Crippen LogP contribution in [-0.4, -0.2) is 53.3 Å². The van der Waals surface area contributed by atoms with E-state index in [4.69, 9.17) is 9.47 Å². The van der Waals surface area contributed by atoms with Gasteiger partial charge in [0.25, 0.3) is 5.91 Å². The van der Waals surface area contributed by atoms with E-state index >= 15 is 0 Å². The molecule has 2 aromatic carbocycles. The first kappa shape index (κ1) is 24.6. The van der Waals surface area contributed by atoms with Crippen LogP contribution in [0.1, 0.15) is 30.9 Å². The summed E-state index contributed by atoms with van der Waals surface area (Å²) in [6.45, 7) is 5.91. The molecular weight excluding hydrogens is 444 g/mol. The number of piperidine rings is 1. The van der Waals surface area contributed by atoms with Gasteiger partial charge in [-0.05, 0) is 49.9 Å². The van der Waals surface area contributed by atoms with Gasteiger partial charge in [-0.2, -0.15) is 4.98 Å². The maximum atomic E-state index is 12.2. The van der Waals surface area contributed by atoms with Crippen molar-refractivity contribution in [1.29, 1.82) is 0 Å². The van der Waals surface area contributed by atoms with Crippen molar-refractivity contribution in [3.05, 3.63) is 66.0 Å². The predicted octanol–water partition coefficient (Wildman–Crippen LogP) is 4.08. The van der Waals surface area contributed by atoms with Gasteiger partial charge < -0.3 is 25.0 Å². The highest BCUT2D eigenvalue weighted by atomic mass is 16.5. The van der Waals surface area contributed by atoms with Crippen molar-refractivity contribution in [3.63, 3.8) is 0 Å². The molecule has 0 saturated carbocycles. The summed E-state index contributed by atoms with van der Waals surface area (Å²) in [7, 11) is 1.51. The normalized spacial score (nSPS) is 15.0. The lowest BCUT2D eigenvalue weighted by atomic mass is 10.1. The van der Waals surface area contributed by atoms with Gasteiger partial charge >= 0.3 is 0 Å². The molecule has 0 spiro atoms. The third-order valence-corrected chi connectivity index (χ3v) is 6.17. The van der Waals surface area contributed by atoms with Gasteiger partial charge in [0.2, 0.25) is 11.9 Å². The van der Waals surface area contributed by atoms with Crippen LogP contribution < -0.4 is 15.5 Å². The Bertz CT molecular complexity index is 1120. The first-order valence-electron chi connectivity index (χ1n) is 11.8. The lowest BCUT2D eigenvalue weighted by molar-refractivity contribution is -0.124. The average molecular weight is 477 g/mol. The summed E-state index contributed by atoms with van der Waals surface area (Å²) in [6.07, 6.45) is 3.05. The molecule has 1 amide bonds. The Kier molecular flexibility index (Phi) is 8.23. The molecule has 0 bridgehead atoms. The number of aromatic nitrogens is 3. The largest absolute Gasteiger partial charge is 0.373 e. The van der Waals surface area contributed by atoms with Crippen LogP contribution in [0, 0.1) is 6.92 Å². The summed E-state index contributed by atoms with van der Waals surface area (Å²) in [5.74, 6) is 0.890. The molecule has 9 heteroatoms. The molecule has 3 aromatic rings. The zero-order valence-electron chi connectivity index (χ0n) is 20.4. The van der Waals surface area contributed by atoms with Crippen molar-refractivity contribution in [1.82, 2.24) is 15.0 Å². The number of ether oxygens (including phenoxy) is 2. The molecule has 2 N–H and O–H groups in total. The molecule has 35 heavy (non-hydrogen) atoms. The molecule has 4 rings (SSSR count). The van der Waals surface area contributed by atoms with E-state index in [2.05, 4.69) is 42.6 Å². The number of hydrogen-bond donors (Lipinski definition) is 2. The van der Waals surface area contributed by atoms with Crippen LogP contribution in [0.5, 0.6) is 0 Å². The number of rotatable bonds is 9. The summed E-state index contributed by atoms with van der Waals surface area (Å²) in [5.41, 5.74) is 3.58. The number of carbonyl (C=O) groups is 1. The van der Waals surface area contributed by atoms with Crippen molar-refractivity contribution in [3.8, 4) is 0 Å². The number of carbonyl (C=O) groups excluding carboxylic acids is 1. The minimum absolute atomic E-state index is 0.202. The lowest BCUT2D eigenvalue weighted by Crippen LogP contribution is -2.38. The number of anilines is 4. The van der Waals surface area contributed by atoms with Gasteiger partial charge in [0.15, 0.2) is 0 Å². The number of nitrogens with zero attached hydrogens (tertiary/aromatic N) is 4. The van der Waals surface area contributed by atoms with Crippen molar-refractivity contribution < 1.29 is 14.3 Å². The van der Waals surface area contributed by atoms with Gasteiger partial charge in [0, 0.05) is 31.6 Å². The Morgan fingerprint density at radius 3 is 2.57 bits per heavy atom. The second-order valence-corrected chi connectivity index (χ2v) is 8.56. The van der Waals surface area contributed by atoms with Crippen LogP contribution >= 0.6 is 0 Å². The zero-order valence-corrected chi connectivity index (χ0v) is 20.4. The van der Waals surface area contributed by atoms with Gasteiger partial charge in [-0.25, -0.2) is 9.97 Å². The SMILES string of the molecule is CO[C@H](C)C(=O)Nc1cccc(Nc2ncnc(N3CCC(OCc4ccccc4)CC3)n2)c1C. The second kappa shape index (κ2) is 11.7. The number of nitrogens with one attached hydrogen (secondary N) is 2. The van der Waals surface area contributed by atoms with Crippen molar-refractivity contribution >= 4 is 29.2 Å². The third-order valence-electron chi connectivity index (χ3n) is 6.17. The third kappa shape index (κ3) is 6.52. The van der Waals surface area contributed by atoms with E-state index in [1.165, 1.54) is 19.0 Å². The quantitative estimate of drug-likeness (QED) is 0.476. The van der Waals surface area contributed by atoms with E-state index in [0.717, 1.165) is 37.2 Å². The Morgan fingerprint density at radius 2 is 1.83 bits per heavy atom. The van der Waals surface area contributed by atoms with Crippen molar-refractivity contribution in [2.45, 2.75) is 45.5 Å². The van der Waals surface area contributed by atoms with Gasteiger partial charge in [0.1, 0.15) is 12.4 Å². The maximum absolute atomic E-state index is 12.2. The van der Waals surface area contributed by atoms with Crippen LogP contribution in [0.4, 0.5) is 23.3 Å². The molecule has 0 unspecified atom stereocenters. The van der Waals surface area contributed by atoms with Crippen LogP contribution in [0.2, 0.25) is 0 Å². The van der Waals surface area contributed by atoms with Crippen LogP contribution in [0.25, 0.3) is 0 Å². The van der Waals surface area contributed by atoms with Crippen LogP contribution in [0.15, 0.2) is 54.9 Å². The standard InChI is InChI=1S/C26H32N6O3/c1-18-22(29-24(33)19(2)34-3)10-7-11-23(18)30-25-27-17-28-26(31-25)32-14-12-21(13-15-32)35-16-20-8-5-4-6-9-20/h4-11,17,19,21H,12-16H2,1-3H3,(H,29,33)(H,27,28,30,31)/t19-/m1/s1. The topological polar surface area (TPSA) is 102 Å². The summed E-state index contributed by atoms with van der Waals surface area (Å²) < 4.78 is 11.2. The number of hydrogen-bond acceptors (Lipinski definition) is 8. The number of benzene rings is 2. The fourth-order valence-electron chi connectivity index (χ4n) is 3.88. The summed E-state index contributed by atoms with van der Waals surface area (Å²) in [4.78, 5) is 27.7. The highest BCUT2D eigenvalue weighted by Gasteiger charge is 2.22. The minimum Gasteiger partial charge on any atom is -0.373 e. The minimum atomic E-state index is -0.537. The van der Waals surface area contributed by atoms with Crippen LogP contribution in [0.3, 0.4) is 0 Å². The first-order valence-corrected chi connectivity index (χ1v) is 11.8. The average Bonchev–Trinajstić information content (AvgIpc) is 2.90. The Hall–Kier alpha value is -3.56. The van der Waals surface area contributed by atoms with Crippen LogP contribution in [-0.2, 0) is 20.9 Å². The highest BCUT2D eigenvalue weighted by molar-refractivity contribution is 5.95. The van der Waals surface area contributed by atoms with Crippen molar-refractivity contribution in [2.75, 3.05) is 35.7 Å². The smallest absolute Gasteiger partial charge is 0.253 e. The van der Waals surface area contributed by atoms with Crippen molar-refractivity contribution in [2.24, 2.45) is 0 Å². The Labute approximate surface area is 205 Å². The molecule has 9 nitrogen and oxygen atoms in total. The lowest BCUT2D eigenvalue weighted by Gasteiger charge is -2.32. The molecule has 0 aliphatic carbocycles. The molecular formula is C26H32N6O3. The van der Waals surface area contributed by atoms with Gasteiger partial charge in [-0.15, -0.1) is 0 Å². The monoisotopic (exact) mass is 476 g/mol. The number of amides is 1. The second-order valence-electron chi connectivity index (χ2n) is 8.56. The molecule has 1 saturated heterocycles. The summed E-state index contributed by atoms with van der Waals surface area (Å²) in [5, 5.41) is 6.16. The van der Waals surface area contributed by atoms with E-state index in [1.807, 2.05) is 43.3 Å². The highest BCUT2D eigenvalue weighted by Crippen LogP contribution is 2.26. The van der Waals surface area contributed by atoms with Gasteiger partial charge in [-0.1, -0.05) is 36.4 Å². The molecule has 184 valence electrons. The predicted molar refractivity (Wildman–Crippen MR) is 136 cm³/mol. The molecule has 2 heterocycles. The van der Waals surface area contributed by atoms with E-state index in [0.29, 0.717) is 24.2 Å². The Balaban J connectivity index is 1.35. The molecule has 1 aromatic heterocycles. The fraction of sp³-hybridized carbons (Fsp3) is 0.385. The Morgan fingerprint density at radius 1 is 1.09 bits per heavy atom. The molecule has 1 fully saturated rings. The molecule has 1 atom stereocenters. The van der Waals surface area contributed by atoms with Gasteiger partial charge in [0.05, 0.1) is 12.7 Å². The van der Waals surface area contributed by atoms with Gasteiger partial charge in [-0.3, -0.25) is 4.79 Å². The van der Waals surface area contributed by atoms with E-state index in [1.54, 1.807) is 6.92 Å². The number of methoxy groups -OCH3 is 1. The van der Waals surface area contributed by atoms with E-state index < -0.39 is 6.10 Å². The molecule has 1 aliphatic heterocycles. The van der Waals surface area contributed by atoms with E-state index in [9.17, 15) is 4.79 Å². The molecule has 0 radical (unpaired) electrons. The van der Waals surface area contributed by atoms with E-state index in [-0.39, 0.29) is 12.0 Å². The summed E-state index contributed by atoms with van der Waals surface area (Å²) in [6, 6.07) is 15.9. The zero-order chi connectivity index (χ0) is 24.6. The fourth-order valence-corrected chi connectivity index (χ4v) is 3.88.